The molecule has 0 aliphatic rings. The second kappa shape index (κ2) is 8.39. The molecule has 0 saturated heterocycles. The lowest BCUT2D eigenvalue weighted by Gasteiger charge is -2.23. The highest BCUT2D eigenvalue weighted by molar-refractivity contribution is 5.79. The standard InChI is InChI=1S/C20H26N2O2/c1-14(2)12-18(17-6-4-5-7-19(17)24-3)22-20(23)13-15-8-10-16(21)11-9-15/h4-11,14,18H,12-13,21H2,1-3H3,(H,22,23). The van der Waals surface area contributed by atoms with Gasteiger partial charge in [-0.2, -0.15) is 0 Å². The Bertz CT molecular complexity index is 666. The van der Waals surface area contributed by atoms with Crippen molar-refractivity contribution in [3.8, 4) is 5.75 Å². The molecule has 0 spiro atoms. The molecule has 2 rings (SSSR count). The number of benzene rings is 2. The highest BCUT2D eigenvalue weighted by atomic mass is 16.5. The monoisotopic (exact) mass is 326 g/mol. The van der Waals surface area contributed by atoms with Gasteiger partial charge in [-0.1, -0.05) is 44.2 Å². The Balaban J connectivity index is 2.13. The number of ether oxygens (including phenoxy) is 1. The van der Waals surface area contributed by atoms with E-state index >= 15 is 0 Å². The molecule has 0 fully saturated rings. The minimum atomic E-state index is -0.0672. The van der Waals surface area contributed by atoms with E-state index in [9.17, 15) is 4.79 Å². The number of hydrogen-bond donors (Lipinski definition) is 2. The molecular formula is C20H26N2O2. The lowest BCUT2D eigenvalue weighted by molar-refractivity contribution is -0.121. The van der Waals surface area contributed by atoms with E-state index in [1.54, 1.807) is 7.11 Å². The Morgan fingerprint density at radius 1 is 1.12 bits per heavy atom. The summed E-state index contributed by atoms with van der Waals surface area (Å²) in [6.07, 6.45) is 1.19. The van der Waals surface area contributed by atoms with Crippen LogP contribution in [0, 0.1) is 5.92 Å². The van der Waals surface area contributed by atoms with E-state index in [0.717, 1.165) is 23.3 Å². The molecule has 4 heteroatoms. The van der Waals surface area contributed by atoms with Crippen LogP contribution in [0.2, 0.25) is 0 Å². The van der Waals surface area contributed by atoms with Gasteiger partial charge in [0.25, 0.3) is 0 Å². The SMILES string of the molecule is COc1ccccc1C(CC(C)C)NC(=O)Cc1ccc(N)cc1. The van der Waals surface area contributed by atoms with E-state index in [-0.39, 0.29) is 11.9 Å². The van der Waals surface area contributed by atoms with Gasteiger partial charge < -0.3 is 15.8 Å². The molecule has 0 aliphatic carbocycles. The van der Waals surface area contributed by atoms with Crippen molar-refractivity contribution in [3.05, 3.63) is 59.7 Å². The van der Waals surface area contributed by atoms with Gasteiger partial charge in [-0.25, -0.2) is 0 Å². The fourth-order valence-electron chi connectivity index (χ4n) is 2.76. The van der Waals surface area contributed by atoms with Gasteiger partial charge in [-0.05, 0) is 36.1 Å². The fourth-order valence-corrected chi connectivity index (χ4v) is 2.76. The molecule has 128 valence electrons. The third-order valence-electron chi connectivity index (χ3n) is 3.90. The maximum atomic E-state index is 12.5. The zero-order valence-electron chi connectivity index (χ0n) is 14.6. The van der Waals surface area contributed by atoms with Crippen LogP contribution in [0.1, 0.15) is 37.4 Å². The van der Waals surface area contributed by atoms with Gasteiger partial charge in [0.15, 0.2) is 0 Å². The Labute approximate surface area is 144 Å². The first-order valence-corrected chi connectivity index (χ1v) is 8.26. The van der Waals surface area contributed by atoms with Crippen molar-refractivity contribution in [1.82, 2.24) is 5.32 Å². The Kier molecular flexibility index (Phi) is 6.24. The number of rotatable bonds is 7. The Morgan fingerprint density at radius 2 is 1.79 bits per heavy atom. The summed E-state index contributed by atoms with van der Waals surface area (Å²) in [5, 5.41) is 3.15. The lowest BCUT2D eigenvalue weighted by Crippen LogP contribution is -2.31. The van der Waals surface area contributed by atoms with Crippen molar-refractivity contribution in [1.29, 1.82) is 0 Å². The highest BCUT2D eigenvalue weighted by Gasteiger charge is 2.19. The highest BCUT2D eigenvalue weighted by Crippen LogP contribution is 2.29. The van der Waals surface area contributed by atoms with Gasteiger partial charge >= 0.3 is 0 Å². The number of carbonyl (C=O) groups excluding carboxylic acids is 1. The van der Waals surface area contributed by atoms with E-state index in [1.807, 2.05) is 48.5 Å². The van der Waals surface area contributed by atoms with Crippen molar-refractivity contribution in [2.75, 3.05) is 12.8 Å². The van der Waals surface area contributed by atoms with Gasteiger partial charge in [0.1, 0.15) is 5.75 Å². The quantitative estimate of drug-likeness (QED) is 0.762. The number of anilines is 1. The molecule has 24 heavy (non-hydrogen) atoms. The van der Waals surface area contributed by atoms with Gasteiger partial charge in [0, 0.05) is 11.3 Å². The van der Waals surface area contributed by atoms with E-state index in [0.29, 0.717) is 18.0 Å². The van der Waals surface area contributed by atoms with Crippen LogP contribution in [0.5, 0.6) is 5.75 Å². The molecule has 0 heterocycles. The molecular weight excluding hydrogens is 300 g/mol. The summed E-state index contributed by atoms with van der Waals surface area (Å²) < 4.78 is 5.46. The van der Waals surface area contributed by atoms with Crippen LogP contribution in [-0.2, 0) is 11.2 Å². The molecule has 1 amide bonds. The third kappa shape index (κ3) is 5.01. The van der Waals surface area contributed by atoms with E-state index in [4.69, 9.17) is 10.5 Å². The van der Waals surface area contributed by atoms with Crippen LogP contribution in [0.25, 0.3) is 0 Å². The average Bonchev–Trinajstić information content (AvgIpc) is 2.56. The largest absolute Gasteiger partial charge is 0.496 e. The van der Waals surface area contributed by atoms with Crippen molar-refractivity contribution >= 4 is 11.6 Å². The topological polar surface area (TPSA) is 64.3 Å². The smallest absolute Gasteiger partial charge is 0.224 e. The summed E-state index contributed by atoms with van der Waals surface area (Å²) in [5.74, 6) is 1.25. The molecule has 2 aromatic rings. The predicted octanol–water partition coefficient (Wildman–Crippen LogP) is 3.72. The van der Waals surface area contributed by atoms with Crippen molar-refractivity contribution in [3.63, 3.8) is 0 Å². The van der Waals surface area contributed by atoms with Crippen LogP contribution < -0.4 is 15.8 Å². The number of hydrogen-bond acceptors (Lipinski definition) is 3. The van der Waals surface area contributed by atoms with Crippen LogP contribution in [0.3, 0.4) is 0 Å². The van der Waals surface area contributed by atoms with Crippen LogP contribution in [-0.4, -0.2) is 13.0 Å². The molecule has 4 nitrogen and oxygen atoms in total. The number of para-hydroxylation sites is 1. The zero-order chi connectivity index (χ0) is 17.5. The summed E-state index contributed by atoms with van der Waals surface area (Å²) in [5.41, 5.74) is 8.35. The maximum absolute atomic E-state index is 12.5. The molecule has 3 N–H and O–H groups in total. The first-order chi connectivity index (χ1) is 11.5. The van der Waals surface area contributed by atoms with Crippen LogP contribution in [0.4, 0.5) is 5.69 Å². The number of nitrogens with two attached hydrogens (primary N) is 1. The van der Waals surface area contributed by atoms with Crippen molar-refractivity contribution in [2.45, 2.75) is 32.7 Å². The molecule has 1 atom stereocenters. The number of carbonyl (C=O) groups is 1. The lowest BCUT2D eigenvalue weighted by atomic mass is 9.96. The minimum Gasteiger partial charge on any atom is -0.496 e. The van der Waals surface area contributed by atoms with Gasteiger partial charge in [-0.15, -0.1) is 0 Å². The molecule has 0 aliphatic heterocycles. The van der Waals surface area contributed by atoms with E-state index in [2.05, 4.69) is 19.2 Å². The summed E-state index contributed by atoms with van der Waals surface area (Å²) in [7, 11) is 1.65. The predicted molar refractivity (Wildman–Crippen MR) is 97.9 cm³/mol. The van der Waals surface area contributed by atoms with Gasteiger partial charge in [0.2, 0.25) is 5.91 Å². The summed E-state index contributed by atoms with van der Waals surface area (Å²) >= 11 is 0. The van der Waals surface area contributed by atoms with Crippen LogP contribution >= 0.6 is 0 Å². The van der Waals surface area contributed by atoms with Crippen molar-refractivity contribution in [2.24, 2.45) is 5.92 Å². The number of nitrogen functional groups attached to an aromatic ring is 1. The first kappa shape index (κ1) is 17.9. The third-order valence-corrected chi connectivity index (χ3v) is 3.90. The summed E-state index contributed by atoms with van der Waals surface area (Å²) in [6, 6.07) is 15.2. The number of methoxy groups -OCH3 is 1. The number of nitrogens with one attached hydrogen (secondary N) is 1. The second-order valence-electron chi connectivity index (χ2n) is 6.41. The molecule has 2 aromatic carbocycles. The van der Waals surface area contributed by atoms with E-state index < -0.39 is 0 Å². The maximum Gasteiger partial charge on any atom is 0.224 e. The second-order valence-corrected chi connectivity index (χ2v) is 6.41. The molecule has 0 bridgehead atoms. The first-order valence-electron chi connectivity index (χ1n) is 8.26. The normalized spacial score (nSPS) is 12.0. The summed E-state index contributed by atoms with van der Waals surface area (Å²) in [6.45, 7) is 4.29. The molecule has 0 saturated carbocycles. The Morgan fingerprint density at radius 3 is 2.42 bits per heavy atom. The van der Waals surface area contributed by atoms with E-state index in [1.165, 1.54) is 0 Å². The van der Waals surface area contributed by atoms with Gasteiger partial charge in [-0.3, -0.25) is 4.79 Å². The minimum absolute atomic E-state index is 0.00340. The van der Waals surface area contributed by atoms with Crippen molar-refractivity contribution < 1.29 is 9.53 Å². The van der Waals surface area contributed by atoms with Crippen LogP contribution in [0.15, 0.2) is 48.5 Å². The zero-order valence-corrected chi connectivity index (χ0v) is 14.6. The number of amides is 1. The Hall–Kier alpha value is -2.49. The molecule has 0 aromatic heterocycles. The fraction of sp³-hybridized carbons (Fsp3) is 0.350. The summed E-state index contributed by atoms with van der Waals surface area (Å²) in [4.78, 5) is 12.5. The molecule has 0 radical (unpaired) electrons. The molecule has 1 unspecified atom stereocenters. The average molecular weight is 326 g/mol. The van der Waals surface area contributed by atoms with Gasteiger partial charge in [0.05, 0.1) is 19.6 Å².